The molecule has 0 aromatic heterocycles. The molecule has 0 aromatic rings. The van der Waals surface area contributed by atoms with Gasteiger partial charge in [0, 0.05) is 19.5 Å². The summed E-state index contributed by atoms with van der Waals surface area (Å²) >= 11 is 0. The number of nitrogens with one attached hydrogen (secondary N) is 1. The summed E-state index contributed by atoms with van der Waals surface area (Å²) in [6.45, 7) is 10.5. The van der Waals surface area contributed by atoms with E-state index in [2.05, 4.69) is 18.6 Å². The number of likely N-dealkylation sites (tertiary alicyclic amines) is 1. The first-order valence-corrected chi connectivity index (χ1v) is 12.1. The predicted molar refractivity (Wildman–Crippen MR) is 108 cm³/mol. The maximum atomic E-state index is 12.4. The Morgan fingerprint density at radius 3 is 2.26 bits per heavy atom. The molecule has 1 amide bonds. The van der Waals surface area contributed by atoms with Gasteiger partial charge in [-0.2, -0.15) is 0 Å². The molecule has 2 rings (SSSR count). The van der Waals surface area contributed by atoms with Crippen molar-refractivity contribution in [2.75, 3.05) is 13.2 Å². The highest BCUT2D eigenvalue weighted by atomic mass is 32.2. The van der Waals surface area contributed by atoms with Gasteiger partial charge in [-0.3, -0.25) is 4.79 Å². The van der Waals surface area contributed by atoms with Crippen LogP contribution in [0.3, 0.4) is 0 Å². The normalized spacial score (nSPS) is 30.1. The molecular formula is C20H38N2O4S. The molecule has 0 radical (unpaired) electrons. The van der Waals surface area contributed by atoms with Crippen molar-refractivity contribution in [3.8, 4) is 0 Å². The van der Waals surface area contributed by atoms with E-state index in [9.17, 15) is 13.2 Å². The van der Waals surface area contributed by atoms with Gasteiger partial charge in [-0.1, -0.05) is 13.8 Å². The summed E-state index contributed by atoms with van der Waals surface area (Å²) in [6.07, 6.45) is 6.25. The van der Waals surface area contributed by atoms with Gasteiger partial charge in [0.15, 0.2) is 0 Å². The van der Waals surface area contributed by atoms with Crippen LogP contribution >= 0.6 is 0 Å². The van der Waals surface area contributed by atoms with Gasteiger partial charge in [0.2, 0.25) is 15.9 Å². The average Bonchev–Trinajstić information content (AvgIpc) is 2.60. The van der Waals surface area contributed by atoms with Crippen LogP contribution in [0, 0.1) is 11.8 Å². The lowest BCUT2D eigenvalue weighted by molar-refractivity contribution is -0.136. The fourth-order valence-corrected chi connectivity index (χ4v) is 5.26. The lowest BCUT2D eigenvalue weighted by Crippen LogP contribution is -2.59. The Bertz CT molecular complexity index is 583. The van der Waals surface area contributed by atoms with E-state index in [-0.39, 0.29) is 24.1 Å². The average molecular weight is 403 g/mol. The number of piperidine rings is 1. The van der Waals surface area contributed by atoms with E-state index in [1.165, 1.54) is 12.8 Å². The zero-order valence-corrected chi connectivity index (χ0v) is 18.4. The second-order valence-electron chi connectivity index (χ2n) is 8.85. The Hall–Kier alpha value is -0.660. The number of ether oxygens (including phenoxy) is 1. The molecule has 1 aliphatic heterocycles. The minimum Gasteiger partial charge on any atom is -0.376 e. The molecule has 2 aliphatic rings. The summed E-state index contributed by atoms with van der Waals surface area (Å²) in [6, 6.07) is -0.505. The van der Waals surface area contributed by atoms with E-state index >= 15 is 0 Å². The number of hydrogen-bond acceptors (Lipinski definition) is 4. The Morgan fingerprint density at radius 1 is 1.11 bits per heavy atom. The van der Waals surface area contributed by atoms with Crippen LogP contribution in [0.15, 0.2) is 0 Å². The number of amides is 1. The molecule has 1 N–H and O–H groups in total. The highest BCUT2D eigenvalue weighted by molar-refractivity contribution is 7.90. The molecule has 27 heavy (non-hydrogen) atoms. The third-order valence-corrected chi connectivity index (χ3v) is 8.16. The van der Waals surface area contributed by atoms with Gasteiger partial charge in [0.05, 0.1) is 24.0 Å². The molecule has 6 nitrogen and oxygen atoms in total. The highest BCUT2D eigenvalue weighted by Gasteiger charge is 2.37. The summed E-state index contributed by atoms with van der Waals surface area (Å²) in [5.41, 5.74) is 0. The predicted octanol–water partition coefficient (Wildman–Crippen LogP) is 2.93. The van der Waals surface area contributed by atoms with Crippen LogP contribution in [0.1, 0.15) is 73.1 Å². The van der Waals surface area contributed by atoms with Gasteiger partial charge in [-0.15, -0.1) is 0 Å². The van der Waals surface area contributed by atoms with Crippen LogP contribution in [-0.4, -0.2) is 55.8 Å². The van der Waals surface area contributed by atoms with Crippen LogP contribution in [0.25, 0.3) is 0 Å². The SMILES string of the molecule is CC(=O)N1CCC[C@H](NS(=O)(=O)C(C)C)[C@@H]1COC1CCC(C(C)C)CC1. The van der Waals surface area contributed by atoms with Crippen LogP contribution in [0.4, 0.5) is 0 Å². The molecular weight excluding hydrogens is 364 g/mol. The smallest absolute Gasteiger partial charge is 0.219 e. The van der Waals surface area contributed by atoms with Gasteiger partial charge in [-0.25, -0.2) is 13.1 Å². The summed E-state index contributed by atoms with van der Waals surface area (Å²) in [4.78, 5) is 13.9. The Morgan fingerprint density at radius 2 is 1.74 bits per heavy atom. The fourth-order valence-electron chi connectivity index (χ4n) is 4.30. The van der Waals surface area contributed by atoms with Crippen molar-refractivity contribution in [1.29, 1.82) is 0 Å². The second-order valence-corrected chi connectivity index (χ2v) is 11.1. The van der Waals surface area contributed by atoms with Crippen molar-refractivity contribution in [2.24, 2.45) is 11.8 Å². The van der Waals surface area contributed by atoms with E-state index in [4.69, 9.17) is 4.74 Å². The molecule has 0 aromatic carbocycles. The number of carbonyl (C=O) groups is 1. The first kappa shape index (κ1) is 22.6. The highest BCUT2D eigenvalue weighted by Crippen LogP contribution is 2.31. The van der Waals surface area contributed by atoms with Gasteiger partial charge in [0.1, 0.15) is 0 Å². The van der Waals surface area contributed by atoms with Gasteiger partial charge < -0.3 is 9.64 Å². The van der Waals surface area contributed by atoms with E-state index in [0.717, 1.165) is 31.6 Å². The maximum absolute atomic E-state index is 12.4. The van der Waals surface area contributed by atoms with Gasteiger partial charge >= 0.3 is 0 Å². The molecule has 2 fully saturated rings. The van der Waals surface area contributed by atoms with Crippen molar-refractivity contribution < 1.29 is 17.9 Å². The molecule has 7 heteroatoms. The van der Waals surface area contributed by atoms with E-state index in [0.29, 0.717) is 19.1 Å². The molecule has 1 aliphatic carbocycles. The first-order valence-electron chi connectivity index (χ1n) is 10.5. The number of nitrogens with zero attached hydrogens (tertiary/aromatic N) is 1. The van der Waals surface area contributed by atoms with Crippen molar-refractivity contribution in [3.05, 3.63) is 0 Å². The monoisotopic (exact) mass is 402 g/mol. The van der Waals surface area contributed by atoms with Crippen molar-refractivity contribution in [3.63, 3.8) is 0 Å². The van der Waals surface area contributed by atoms with Crippen molar-refractivity contribution in [1.82, 2.24) is 9.62 Å². The minimum atomic E-state index is -3.38. The van der Waals surface area contributed by atoms with Crippen LogP contribution in [-0.2, 0) is 19.6 Å². The molecule has 0 spiro atoms. The lowest BCUT2D eigenvalue weighted by Gasteiger charge is -2.42. The van der Waals surface area contributed by atoms with E-state index < -0.39 is 15.3 Å². The Kier molecular flexibility index (Phi) is 8.13. The zero-order valence-electron chi connectivity index (χ0n) is 17.6. The third-order valence-electron chi connectivity index (χ3n) is 6.28. The summed E-state index contributed by atoms with van der Waals surface area (Å²) < 4.78 is 33.8. The molecule has 158 valence electrons. The van der Waals surface area contributed by atoms with Crippen LogP contribution in [0.2, 0.25) is 0 Å². The quantitative estimate of drug-likeness (QED) is 0.710. The Labute approximate surface area is 165 Å². The first-order chi connectivity index (χ1) is 12.6. The second kappa shape index (κ2) is 9.70. The van der Waals surface area contributed by atoms with Crippen molar-refractivity contribution in [2.45, 2.75) is 96.6 Å². The fraction of sp³-hybridized carbons (Fsp3) is 0.950. The standard InChI is InChI=1S/C20H38N2O4S/c1-14(2)17-8-10-18(11-9-17)26-13-20-19(21-27(24,25)15(3)4)7-6-12-22(20)16(5)23/h14-15,17-21H,6-13H2,1-5H3/t17?,18?,19-,20-/m0/s1. The summed E-state index contributed by atoms with van der Waals surface area (Å²) in [5, 5.41) is -0.488. The van der Waals surface area contributed by atoms with Crippen molar-refractivity contribution >= 4 is 15.9 Å². The third kappa shape index (κ3) is 6.16. The molecule has 1 heterocycles. The maximum Gasteiger partial charge on any atom is 0.219 e. The number of hydrogen-bond donors (Lipinski definition) is 1. The van der Waals surface area contributed by atoms with E-state index in [1.807, 2.05) is 0 Å². The van der Waals surface area contributed by atoms with Crippen LogP contribution < -0.4 is 4.72 Å². The number of carbonyl (C=O) groups excluding carboxylic acids is 1. The van der Waals surface area contributed by atoms with Crippen LogP contribution in [0.5, 0.6) is 0 Å². The molecule has 1 saturated heterocycles. The van der Waals surface area contributed by atoms with E-state index in [1.54, 1.807) is 25.7 Å². The Balaban J connectivity index is 2.00. The zero-order chi connectivity index (χ0) is 20.2. The minimum absolute atomic E-state index is 0.0134. The summed E-state index contributed by atoms with van der Waals surface area (Å²) in [5.74, 6) is 1.48. The number of rotatable bonds is 7. The molecule has 0 bridgehead atoms. The van der Waals surface area contributed by atoms with Gasteiger partial charge in [-0.05, 0) is 64.2 Å². The number of sulfonamides is 1. The van der Waals surface area contributed by atoms with Gasteiger partial charge in [0.25, 0.3) is 0 Å². The topological polar surface area (TPSA) is 75.7 Å². The lowest BCUT2D eigenvalue weighted by atomic mass is 9.80. The molecule has 1 saturated carbocycles. The summed E-state index contributed by atoms with van der Waals surface area (Å²) in [7, 11) is -3.38. The largest absolute Gasteiger partial charge is 0.376 e. The molecule has 2 atom stereocenters. The molecule has 0 unspecified atom stereocenters.